The summed E-state index contributed by atoms with van der Waals surface area (Å²) < 4.78 is 4.86. The molecule has 3 nitrogen and oxygen atoms in total. The molecule has 0 spiro atoms. The fourth-order valence-electron chi connectivity index (χ4n) is 0.881. The predicted octanol–water partition coefficient (Wildman–Crippen LogP) is -1.38. The molecule has 1 aliphatic heterocycles. The summed E-state index contributed by atoms with van der Waals surface area (Å²) in [5.74, 6) is 0. The maximum atomic E-state index is 8.98. The van der Waals surface area contributed by atoms with Crippen molar-refractivity contribution >= 4 is 7.85 Å². The fraction of sp³-hybridized carbons (Fsp3) is 1.00. The van der Waals surface area contributed by atoms with Crippen LogP contribution in [0.15, 0.2) is 0 Å². The minimum absolute atomic E-state index is 0.352. The Bertz CT molecular complexity index is 96.4. The summed E-state index contributed by atoms with van der Waals surface area (Å²) >= 11 is 0. The predicted molar refractivity (Wildman–Crippen MR) is 32.1 cm³/mol. The number of hydrogen-bond acceptors (Lipinski definition) is 3. The van der Waals surface area contributed by atoms with Gasteiger partial charge in [-0.05, 0) is 6.92 Å². The van der Waals surface area contributed by atoms with Gasteiger partial charge in [0.05, 0.1) is 12.2 Å². The van der Waals surface area contributed by atoms with E-state index in [1.807, 2.05) is 0 Å². The number of aliphatic hydroxyl groups excluding tert-OH is 2. The quantitative estimate of drug-likeness (QED) is 0.395. The summed E-state index contributed by atoms with van der Waals surface area (Å²) in [6.45, 7) is 1.67. The van der Waals surface area contributed by atoms with E-state index in [1.54, 1.807) is 6.92 Å². The van der Waals surface area contributed by atoms with Gasteiger partial charge in [0.25, 0.3) is 0 Å². The van der Waals surface area contributed by atoms with Gasteiger partial charge in [-0.1, -0.05) is 0 Å². The second-order valence-corrected chi connectivity index (χ2v) is 2.29. The first-order chi connectivity index (χ1) is 4.13. The first-order valence-electron chi connectivity index (χ1n) is 2.90. The third kappa shape index (κ3) is 1.10. The molecule has 9 heavy (non-hydrogen) atoms. The Kier molecular flexibility index (Phi) is 1.79. The molecule has 0 saturated carbocycles. The molecule has 0 amide bonds. The highest BCUT2D eigenvalue weighted by Gasteiger charge is 2.36. The maximum Gasteiger partial charge on any atom is 0.112 e. The second kappa shape index (κ2) is 2.29. The van der Waals surface area contributed by atoms with Gasteiger partial charge in [0, 0.05) is 6.00 Å². The molecule has 50 valence electrons. The van der Waals surface area contributed by atoms with Crippen LogP contribution in [0.4, 0.5) is 0 Å². The van der Waals surface area contributed by atoms with Gasteiger partial charge in [0.15, 0.2) is 0 Å². The molecule has 2 radical (unpaired) electrons. The second-order valence-electron chi connectivity index (χ2n) is 2.29. The molecule has 0 aromatic heterocycles. The van der Waals surface area contributed by atoms with Crippen molar-refractivity contribution < 1.29 is 14.9 Å². The minimum Gasteiger partial charge on any atom is -0.388 e. The first kappa shape index (κ1) is 7.06. The van der Waals surface area contributed by atoms with Crippen molar-refractivity contribution in [1.29, 1.82) is 0 Å². The van der Waals surface area contributed by atoms with Crippen molar-refractivity contribution in [2.45, 2.75) is 31.2 Å². The highest BCUT2D eigenvalue weighted by molar-refractivity contribution is 6.11. The Balaban J connectivity index is 2.54. The molecule has 4 heteroatoms. The minimum atomic E-state index is -0.931. The van der Waals surface area contributed by atoms with Gasteiger partial charge in [0.1, 0.15) is 14.0 Å². The lowest BCUT2D eigenvalue weighted by atomic mass is 9.93. The van der Waals surface area contributed by atoms with Crippen molar-refractivity contribution in [3.8, 4) is 0 Å². The number of rotatable bonds is 0. The maximum absolute atomic E-state index is 8.98. The van der Waals surface area contributed by atoms with Crippen LogP contribution in [0.25, 0.3) is 0 Å². The highest BCUT2D eigenvalue weighted by atomic mass is 16.5. The van der Waals surface area contributed by atoms with Crippen LogP contribution < -0.4 is 0 Å². The molecule has 1 heterocycles. The Morgan fingerprint density at radius 1 is 1.33 bits per heavy atom. The van der Waals surface area contributed by atoms with Crippen LogP contribution in [-0.2, 0) is 4.74 Å². The van der Waals surface area contributed by atoms with E-state index in [1.165, 1.54) is 0 Å². The molecule has 1 fully saturated rings. The van der Waals surface area contributed by atoms with E-state index in [4.69, 9.17) is 22.8 Å². The van der Waals surface area contributed by atoms with E-state index >= 15 is 0 Å². The van der Waals surface area contributed by atoms with E-state index in [-0.39, 0.29) is 6.10 Å². The van der Waals surface area contributed by atoms with Crippen molar-refractivity contribution in [2.24, 2.45) is 0 Å². The lowest BCUT2D eigenvalue weighted by Gasteiger charge is -2.08. The standard InChI is InChI=1S/C5H9BO3/c1-2-3(7)4(8)5(6)9-2/h2-5,7-8H,1H3/t2-,3?,4?,5+/m1/s1. The van der Waals surface area contributed by atoms with E-state index in [0.29, 0.717) is 0 Å². The number of ether oxygens (including phenoxy) is 1. The molecule has 2 unspecified atom stereocenters. The average Bonchev–Trinajstić information content (AvgIpc) is 1.98. The van der Waals surface area contributed by atoms with Crippen LogP contribution >= 0.6 is 0 Å². The van der Waals surface area contributed by atoms with Gasteiger partial charge < -0.3 is 14.9 Å². The largest absolute Gasteiger partial charge is 0.388 e. The van der Waals surface area contributed by atoms with Crippen LogP contribution in [0.3, 0.4) is 0 Å². The Labute approximate surface area is 55.0 Å². The zero-order chi connectivity index (χ0) is 7.02. The summed E-state index contributed by atoms with van der Waals surface area (Å²) in [6.07, 6.45) is -2.12. The molecule has 1 saturated heterocycles. The molecule has 1 aliphatic rings. The SMILES string of the molecule is [B][C@H]1O[C@H](C)C(O)C1O. The molecule has 1 rings (SSSR count). The molecule has 2 N–H and O–H groups in total. The van der Waals surface area contributed by atoms with E-state index < -0.39 is 18.2 Å². The van der Waals surface area contributed by atoms with Crippen molar-refractivity contribution in [3.05, 3.63) is 0 Å². The monoisotopic (exact) mass is 128 g/mol. The van der Waals surface area contributed by atoms with Crippen LogP contribution in [-0.4, -0.2) is 42.4 Å². The van der Waals surface area contributed by atoms with Crippen LogP contribution in [0, 0.1) is 0 Å². The third-order valence-corrected chi connectivity index (χ3v) is 1.54. The van der Waals surface area contributed by atoms with Crippen LogP contribution in [0.5, 0.6) is 0 Å². The van der Waals surface area contributed by atoms with E-state index in [0.717, 1.165) is 0 Å². The number of hydrogen-bond donors (Lipinski definition) is 2. The molecular weight excluding hydrogens is 119 g/mol. The molecular formula is C5H9BO3. The zero-order valence-electron chi connectivity index (χ0n) is 5.19. The molecule has 0 aromatic carbocycles. The van der Waals surface area contributed by atoms with Gasteiger partial charge in [0.2, 0.25) is 0 Å². The number of aliphatic hydroxyl groups is 2. The normalized spacial score (nSPS) is 51.9. The van der Waals surface area contributed by atoms with Crippen molar-refractivity contribution in [2.75, 3.05) is 0 Å². The summed E-state index contributed by atoms with van der Waals surface area (Å²) in [6, 6.07) is -0.727. The summed E-state index contributed by atoms with van der Waals surface area (Å²) in [7, 11) is 5.23. The average molecular weight is 128 g/mol. The Morgan fingerprint density at radius 2 is 1.89 bits per heavy atom. The lowest BCUT2D eigenvalue weighted by Crippen LogP contribution is -2.31. The topological polar surface area (TPSA) is 49.7 Å². The molecule has 0 aliphatic carbocycles. The molecule has 0 aromatic rings. The first-order valence-corrected chi connectivity index (χ1v) is 2.90. The van der Waals surface area contributed by atoms with Crippen LogP contribution in [0.2, 0.25) is 0 Å². The van der Waals surface area contributed by atoms with Crippen molar-refractivity contribution in [3.63, 3.8) is 0 Å². The van der Waals surface area contributed by atoms with E-state index in [9.17, 15) is 0 Å². The van der Waals surface area contributed by atoms with Gasteiger partial charge in [-0.3, -0.25) is 0 Å². The molecule has 4 atom stereocenters. The zero-order valence-corrected chi connectivity index (χ0v) is 5.19. The smallest absolute Gasteiger partial charge is 0.112 e. The summed E-state index contributed by atoms with van der Waals surface area (Å²) in [5, 5.41) is 17.9. The fourth-order valence-corrected chi connectivity index (χ4v) is 0.881. The Hall–Kier alpha value is -0.0551. The Morgan fingerprint density at radius 3 is 2.00 bits per heavy atom. The van der Waals surface area contributed by atoms with Gasteiger partial charge in [-0.2, -0.15) is 0 Å². The van der Waals surface area contributed by atoms with Gasteiger partial charge in [-0.15, -0.1) is 0 Å². The molecule has 0 bridgehead atoms. The highest BCUT2D eigenvalue weighted by Crippen LogP contribution is 2.17. The summed E-state index contributed by atoms with van der Waals surface area (Å²) in [4.78, 5) is 0. The van der Waals surface area contributed by atoms with Crippen LogP contribution in [0.1, 0.15) is 6.92 Å². The third-order valence-electron chi connectivity index (χ3n) is 1.54. The summed E-state index contributed by atoms with van der Waals surface area (Å²) in [5.41, 5.74) is 0. The van der Waals surface area contributed by atoms with Crippen molar-refractivity contribution in [1.82, 2.24) is 0 Å². The lowest BCUT2D eigenvalue weighted by molar-refractivity contribution is 0.0318. The van der Waals surface area contributed by atoms with Gasteiger partial charge in [-0.25, -0.2) is 0 Å². The van der Waals surface area contributed by atoms with E-state index in [2.05, 4.69) is 0 Å². The van der Waals surface area contributed by atoms with Gasteiger partial charge >= 0.3 is 0 Å².